The maximum atomic E-state index is 12.2. The Hall–Kier alpha value is -1.09. The van der Waals surface area contributed by atoms with Crippen LogP contribution in [0.5, 0.6) is 0 Å². The minimum absolute atomic E-state index is 0.0116. The zero-order chi connectivity index (χ0) is 16.3. The molecule has 3 nitrogen and oxygen atoms in total. The summed E-state index contributed by atoms with van der Waals surface area (Å²) >= 11 is 0. The predicted octanol–water partition coefficient (Wildman–Crippen LogP) is 4.04. The molecule has 0 aromatic carbocycles. The van der Waals surface area contributed by atoms with Crippen LogP contribution in [0, 0.1) is 22.7 Å². The van der Waals surface area contributed by atoms with Gasteiger partial charge in [-0.25, -0.2) is 4.79 Å². The van der Waals surface area contributed by atoms with E-state index in [-0.39, 0.29) is 22.4 Å². The fourth-order valence-corrected chi connectivity index (χ4v) is 5.65. The number of esters is 1. The molecule has 126 valence electrons. The lowest BCUT2D eigenvalue weighted by Crippen LogP contribution is -2.51. The third-order valence-corrected chi connectivity index (χ3v) is 7.61. The van der Waals surface area contributed by atoms with Gasteiger partial charge in [0.1, 0.15) is 12.2 Å². The molecule has 2 aliphatic heterocycles. The van der Waals surface area contributed by atoms with E-state index in [0.29, 0.717) is 18.4 Å². The van der Waals surface area contributed by atoms with Crippen molar-refractivity contribution in [2.24, 2.45) is 22.7 Å². The topological polar surface area (TPSA) is 38.8 Å². The molecule has 0 amide bonds. The summed E-state index contributed by atoms with van der Waals surface area (Å²) in [5.41, 5.74) is 1.16. The van der Waals surface area contributed by atoms with E-state index in [1.165, 1.54) is 12.8 Å². The van der Waals surface area contributed by atoms with Crippen LogP contribution in [0.4, 0.5) is 0 Å². The molecule has 0 radical (unpaired) electrons. The van der Waals surface area contributed by atoms with Crippen LogP contribution in [-0.4, -0.2) is 24.8 Å². The van der Waals surface area contributed by atoms with Crippen molar-refractivity contribution >= 4 is 5.97 Å². The number of cyclic esters (lactones) is 1. The quantitative estimate of drug-likeness (QED) is 0.446. The van der Waals surface area contributed by atoms with Crippen LogP contribution in [-0.2, 0) is 14.3 Å². The smallest absolute Gasteiger partial charge is 0.334 e. The lowest BCUT2D eigenvalue weighted by atomic mass is 9.46. The van der Waals surface area contributed by atoms with Gasteiger partial charge in [-0.05, 0) is 55.8 Å². The molecule has 1 spiro atoms. The Bertz CT molecular complexity index is 573. The molecule has 1 saturated carbocycles. The normalized spacial score (nSPS) is 48.1. The van der Waals surface area contributed by atoms with E-state index in [9.17, 15) is 4.79 Å². The minimum atomic E-state index is -0.0668. The van der Waals surface area contributed by atoms with E-state index in [1.807, 2.05) is 6.08 Å². The maximum absolute atomic E-state index is 12.2. The van der Waals surface area contributed by atoms with Crippen LogP contribution in [0.25, 0.3) is 0 Å². The van der Waals surface area contributed by atoms with E-state index in [1.54, 1.807) is 0 Å². The van der Waals surface area contributed by atoms with Crippen LogP contribution in [0.1, 0.15) is 52.4 Å². The highest BCUT2D eigenvalue weighted by Gasteiger charge is 2.61. The summed E-state index contributed by atoms with van der Waals surface area (Å²) in [7, 11) is 0. The van der Waals surface area contributed by atoms with Gasteiger partial charge in [0.25, 0.3) is 0 Å². The van der Waals surface area contributed by atoms with Crippen LogP contribution in [0.15, 0.2) is 24.3 Å². The van der Waals surface area contributed by atoms with Crippen molar-refractivity contribution in [3.8, 4) is 0 Å². The van der Waals surface area contributed by atoms with Crippen LogP contribution in [0.2, 0.25) is 0 Å². The van der Waals surface area contributed by atoms with E-state index in [0.717, 1.165) is 37.9 Å². The molecular weight excluding hydrogens is 288 g/mol. The van der Waals surface area contributed by atoms with Crippen LogP contribution in [0.3, 0.4) is 0 Å². The molecule has 0 aromatic heterocycles. The summed E-state index contributed by atoms with van der Waals surface area (Å²) in [6.45, 7) is 10.2. The van der Waals surface area contributed by atoms with Gasteiger partial charge in [-0.1, -0.05) is 26.0 Å². The molecule has 0 N–H and O–H groups in total. The summed E-state index contributed by atoms with van der Waals surface area (Å²) in [5.74, 6) is 1.17. The first-order valence-corrected chi connectivity index (χ1v) is 9.11. The predicted molar refractivity (Wildman–Crippen MR) is 88.8 cm³/mol. The second kappa shape index (κ2) is 4.95. The van der Waals surface area contributed by atoms with Gasteiger partial charge in [-0.15, -0.1) is 6.58 Å². The zero-order valence-electron chi connectivity index (χ0n) is 14.4. The number of rotatable bonds is 4. The highest BCUT2D eigenvalue weighted by molar-refractivity contribution is 5.92. The zero-order valence-corrected chi connectivity index (χ0v) is 14.4. The van der Waals surface area contributed by atoms with Gasteiger partial charge in [0.2, 0.25) is 0 Å². The first-order chi connectivity index (χ1) is 11.0. The highest BCUT2D eigenvalue weighted by atomic mass is 16.6. The van der Waals surface area contributed by atoms with Crippen molar-refractivity contribution in [3.05, 3.63) is 24.3 Å². The Labute approximate surface area is 139 Å². The monoisotopic (exact) mass is 316 g/mol. The summed E-state index contributed by atoms with van der Waals surface area (Å²) in [4.78, 5) is 12.2. The van der Waals surface area contributed by atoms with Crippen molar-refractivity contribution in [2.45, 2.75) is 58.0 Å². The lowest BCUT2D eigenvalue weighted by Gasteiger charge is -2.56. The average Bonchev–Trinajstić information content (AvgIpc) is 3.28. The highest BCUT2D eigenvalue weighted by Crippen LogP contribution is 2.64. The summed E-state index contributed by atoms with van der Waals surface area (Å²) in [6.07, 6.45) is 10.8. The largest absolute Gasteiger partial charge is 0.461 e. The second-order valence-electron chi connectivity index (χ2n) is 8.48. The summed E-state index contributed by atoms with van der Waals surface area (Å²) < 4.78 is 11.2. The van der Waals surface area contributed by atoms with Crippen molar-refractivity contribution in [3.63, 3.8) is 0 Å². The molecule has 0 bridgehead atoms. The Morgan fingerprint density at radius 1 is 1.35 bits per heavy atom. The number of allylic oxidation sites excluding steroid dienone is 1. The number of hydrogen-bond acceptors (Lipinski definition) is 3. The number of carbonyl (C=O) groups is 1. The van der Waals surface area contributed by atoms with Gasteiger partial charge in [0, 0.05) is 11.0 Å². The molecule has 3 fully saturated rings. The van der Waals surface area contributed by atoms with Gasteiger partial charge >= 0.3 is 5.97 Å². The van der Waals surface area contributed by atoms with Crippen molar-refractivity contribution < 1.29 is 14.3 Å². The lowest BCUT2D eigenvalue weighted by molar-refractivity contribution is -0.135. The second-order valence-corrected chi connectivity index (χ2v) is 8.48. The number of ether oxygens (including phenoxy) is 2. The molecule has 2 aliphatic carbocycles. The molecule has 2 heterocycles. The Morgan fingerprint density at radius 2 is 2.13 bits per heavy atom. The van der Waals surface area contributed by atoms with Gasteiger partial charge in [-0.3, -0.25) is 0 Å². The molecule has 4 rings (SSSR count). The van der Waals surface area contributed by atoms with Crippen LogP contribution < -0.4 is 0 Å². The average molecular weight is 316 g/mol. The van der Waals surface area contributed by atoms with Gasteiger partial charge in [-0.2, -0.15) is 0 Å². The van der Waals surface area contributed by atoms with E-state index < -0.39 is 0 Å². The fraction of sp³-hybridized carbons (Fsp3) is 0.750. The Morgan fingerprint density at radius 3 is 2.83 bits per heavy atom. The molecule has 0 aromatic rings. The summed E-state index contributed by atoms with van der Waals surface area (Å²) in [5, 5.41) is 0. The molecule has 23 heavy (non-hydrogen) atoms. The molecule has 3 heteroatoms. The molecule has 0 unspecified atom stereocenters. The summed E-state index contributed by atoms with van der Waals surface area (Å²) in [6, 6.07) is 0. The first kappa shape index (κ1) is 15.4. The van der Waals surface area contributed by atoms with E-state index in [4.69, 9.17) is 9.47 Å². The third-order valence-electron chi connectivity index (χ3n) is 7.61. The van der Waals surface area contributed by atoms with Gasteiger partial charge < -0.3 is 9.47 Å². The maximum Gasteiger partial charge on any atom is 0.334 e. The van der Waals surface area contributed by atoms with Gasteiger partial charge in [0.15, 0.2) is 0 Å². The fourth-order valence-electron chi connectivity index (χ4n) is 5.65. The van der Waals surface area contributed by atoms with E-state index >= 15 is 0 Å². The van der Waals surface area contributed by atoms with Crippen molar-refractivity contribution in [1.29, 1.82) is 0 Å². The SMILES string of the molecule is C=C[C@@]1(CC[C@@]2(C)[C@@H]3CCC=C4C(=O)OC[C@@]43CC[C@@H]2C)CO1. The minimum Gasteiger partial charge on any atom is -0.461 e. The standard InChI is InChI=1S/C20H28O3/c1-4-19(12-23-19)11-10-18(3)14(2)8-9-20-13-22-17(21)15(20)6-5-7-16(18)20/h4,6,14,16H,1,5,7-13H2,2-3H3/t14-,16-,18+,19+,20-/m0/s1. The number of epoxide rings is 1. The molecule has 5 atom stereocenters. The first-order valence-electron chi connectivity index (χ1n) is 9.11. The number of carbonyl (C=O) groups excluding carboxylic acids is 1. The molecule has 2 saturated heterocycles. The Kier molecular flexibility index (Phi) is 3.32. The number of hydrogen-bond donors (Lipinski definition) is 0. The van der Waals surface area contributed by atoms with Crippen LogP contribution >= 0.6 is 0 Å². The third kappa shape index (κ3) is 2.08. The molecule has 4 aliphatic rings. The van der Waals surface area contributed by atoms with Crippen molar-refractivity contribution in [1.82, 2.24) is 0 Å². The van der Waals surface area contributed by atoms with Gasteiger partial charge in [0.05, 0.1) is 6.61 Å². The van der Waals surface area contributed by atoms with Crippen molar-refractivity contribution in [2.75, 3.05) is 13.2 Å². The molecular formula is C20H28O3. The Balaban J connectivity index is 1.64. The van der Waals surface area contributed by atoms with E-state index in [2.05, 4.69) is 26.5 Å².